The number of rotatable bonds is 13. The molecule has 0 amide bonds. The van der Waals surface area contributed by atoms with Crippen molar-refractivity contribution in [2.45, 2.75) is 119 Å². The number of hydrogen-bond acceptors (Lipinski definition) is 5. The molecule has 0 aromatic heterocycles. The van der Waals surface area contributed by atoms with Gasteiger partial charge in [-0.1, -0.05) is 97.1 Å². The van der Waals surface area contributed by atoms with Crippen LogP contribution in [0.2, 0.25) is 26.2 Å². The number of Topliss-reactive ketones (excluding diaryl/α,β-unsaturated/α-hetero) is 1. The van der Waals surface area contributed by atoms with E-state index in [0.717, 1.165) is 37.7 Å². The second kappa shape index (κ2) is 13.1. The van der Waals surface area contributed by atoms with E-state index in [-0.39, 0.29) is 40.0 Å². The highest BCUT2D eigenvalue weighted by Gasteiger charge is 2.62. The molecule has 0 saturated heterocycles. The minimum atomic E-state index is -0.636. The maximum atomic E-state index is 12.7. The largest absolute Gasteiger partial charge is 0.400 e. The van der Waals surface area contributed by atoms with Crippen molar-refractivity contribution in [1.82, 2.24) is 0 Å². The van der Waals surface area contributed by atoms with Crippen LogP contribution in [0, 0.1) is 45.3 Å². The Balaban J connectivity index is 1.82. The first kappa shape index (κ1) is 34.5. The zero-order valence-electron chi connectivity index (χ0n) is 28.6. The van der Waals surface area contributed by atoms with Gasteiger partial charge in [-0.05, 0) is 73.7 Å². The molecule has 4 aliphatic rings. The Morgan fingerprint density at radius 1 is 0.881 bits per heavy atom. The number of hydrogen-bond donors (Lipinski definition) is 0. The van der Waals surface area contributed by atoms with Gasteiger partial charge < -0.3 is 17.7 Å². The smallest absolute Gasteiger partial charge is 0.161 e. The van der Waals surface area contributed by atoms with Gasteiger partial charge in [0.25, 0.3) is 0 Å². The Labute approximate surface area is 266 Å². The van der Waals surface area contributed by atoms with Crippen LogP contribution < -0.4 is 0 Å². The number of carbonyl (C=O) groups excluding carboxylic acids is 1. The summed E-state index contributed by atoms with van der Waals surface area (Å²) in [6.45, 7) is 25.3. The molecule has 2 unspecified atom stereocenters. The van der Waals surface area contributed by atoms with Crippen molar-refractivity contribution >= 4 is 44.8 Å². The molecule has 2 saturated carbocycles. The van der Waals surface area contributed by atoms with Crippen LogP contribution in [0.1, 0.15) is 80.6 Å². The fraction of sp³-hybridized carbons (Fsp3) is 0.788. The molecule has 0 spiro atoms. The Morgan fingerprint density at radius 3 is 1.95 bits per heavy atom. The molecule has 0 heterocycles. The van der Waals surface area contributed by atoms with Gasteiger partial charge >= 0.3 is 0 Å². The van der Waals surface area contributed by atoms with E-state index < -0.39 is 39.1 Å². The third-order valence-electron chi connectivity index (χ3n) is 12.1. The summed E-state index contributed by atoms with van der Waals surface area (Å²) < 4.78 is 26.0. The molecule has 9 heteroatoms. The highest BCUT2D eigenvalue weighted by atomic mass is 28.2. The highest BCUT2D eigenvalue weighted by molar-refractivity contribution is 6.26. The molecule has 4 rings (SSSR count). The second-order valence-electron chi connectivity index (χ2n) is 14.9. The van der Waals surface area contributed by atoms with Crippen LogP contribution in [-0.4, -0.2) is 57.4 Å². The van der Waals surface area contributed by atoms with Crippen LogP contribution in [0.25, 0.3) is 0 Å². The van der Waals surface area contributed by atoms with Crippen LogP contribution in [0.3, 0.4) is 0 Å². The number of ketones is 1. The molecule has 0 bridgehead atoms. The van der Waals surface area contributed by atoms with E-state index in [9.17, 15) is 4.79 Å². The van der Waals surface area contributed by atoms with Gasteiger partial charge in [0, 0.05) is 16.2 Å². The first-order valence-electron chi connectivity index (χ1n) is 16.8. The lowest BCUT2D eigenvalue weighted by molar-refractivity contribution is -0.164. The van der Waals surface area contributed by atoms with Crippen molar-refractivity contribution in [2.24, 2.45) is 45.3 Å². The van der Waals surface area contributed by atoms with Gasteiger partial charge in [0.05, 0.1) is 0 Å². The molecule has 6 atom stereocenters. The first-order chi connectivity index (χ1) is 19.7. The minimum Gasteiger partial charge on any atom is -0.400 e. The lowest BCUT2D eigenvalue weighted by Gasteiger charge is -2.62. The maximum Gasteiger partial charge on any atom is 0.161 e. The maximum absolute atomic E-state index is 12.7. The zero-order chi connectivity index (χ0) is 31.1. The standard InChI is InChI=1S/C33H60O5Si4/c1-20(34)24-14-15-25-23-13-12-21-18-22(30(2,3)28(35-39-8)36-40-9)19-27(31(4,5)29(37-41-10)38-42-11)33(21,7)26(23)16-17-32(24,25)6/h12-14,22,25-29H,15-19,39-42H2,1-11H3/t22?,25-,26-,27?,32+,33-/m0/s1. The quantitative estimate of drug-likeness (QED) is 0.205. The Hall–Kier alpha value is -0.402. The monoisotopic (exact) mass is 648 g/mol. The number of carbonyl (C=O) groups is 1. The molecule has 238 valence electrons. The molecule has 5 nitrogen and oxygen atoms in total. The molecule has 4 aliphatic carbocycles. The average Bonchev–Trinajstić information content (AvgIpc) is 3.29. The first-order valence-corrected chi connectivity index (χ1v) is 24.8. The van der Waals surface area contributed by atoms with Crippen molar-refractivity contribution in [3.8, 4) is 0 Å². The summed E-state index contributed by atoms with van der Waals surface area (Å²) in [6.07, 6.45) is 12.4. The number of fused-ring (bicyclic) bond motifs is 5. The van der Waals surface area contributed by atoms with E-state index in [2.05, 4.69) is 86.0 Å². The van der Waals surface area contributed by atoms with Gasteiger partial charge in [0.1, 0.15) is 12.6 Å². The summed E-state index contributed by atoms with van der Waals surface area (Å²) in [5, 5.41) is 0. The van der Waals surface area contributed by atoms with Crippen molar-refractivity contribution < 1.29 is 22.5 Å². The summed E-state index contributed by atoms with van der Waals surface area (Å²) in [5.74, 6) is 2.00. The van der Waals surface area contributed by atoms with Crippen molar-refractivity contribution in [1.29, 1.82) is 0 Å². The van der Waals surface area contributed by atoms with Crippen molar-refractivity contribution in [2.75, 3.05) is 0 Å². The predicted octanol–water partition coefficient (Wildman–Crippen LogP) is 5.14. The summed E-state index contributed by atoms with van der Waals surface area (Å²) in [4.78, 5) is 12.7. The lowest BCUT2D eigenvalue weighted by Crippen LogP contribution is -2.58. The minimum absolute atomic E-state index is 0.0201. The van der Waals surface area contributed by atoms with E-state index in [1.165, 1.54) is 0 Å². The fourth-order valence-corrected chi connectivity index (χ4v) is 13.5. The Morgan fingerprint density at radius 2 is 1.43 bits per heavy atom. The Kier molecular flexibility index (Phi) is 10.8. The van der Waals surface area contributed by atoms with E-state index in [0.29, 0.717) is 23.7 Å². The molecule has 2 fully saturated rings. The molecule has 0 aromatic rings. The van der Waals surface area contributed by atoms with Crippen LogP contribution in [0.5, 0.6) is 0 Å². The molecule has 0 aliphatic heterocycles. The van der Waals surface area contributed by atoms with Gasteiger partial charge in [0.2, 0.25) is 0 Å². The fourth-order valence-electron chi connectivity index (χ4n) is 9.80. The molecular weight excluding hydrogens is 589 g/mol. The average molecular weight is 649 g/mol. The normalized spacial score (nSPS) is 35.5. The molecule has 0 aromatic carbocycles. The number of allylic oxidation sites excluding steroid dienone is 6. The van der Waals surface area contributed by atoms with Crippen LogP contribution in [0.15, 0.2) is 34.9 Å². The van der Waals surface area contributed by atoms with Crippen molar-refractivity contribution in [3.05, 3.63) is 34.9 Å². The molecular formula is C33H60O5Si4. The third kappa shape index (κ3) is 5.72. The molecule has 0 N–H and O–H groups in total. The van der Waals surface area contributed by atoms with Gasteiger partial charge in [0.15, 0.2) is 44.8 Å². The van der Waals surface area contributed by atoms with Gasteiger partial charge in [-0.2, -0.15) is 0 Å². The molecule has 0 radical (unpaired) electrons. The van der Waals surface area contributed by atoms with E-state index in [1.54, 1.807) is 18.1 Å². The summed E-state index contributed by atoms with van der Waals surface area (Å²) in [6, 6.07) is 0. The predicted molar refractivity (Wildman–Crippen MR) is 185 cm³/mol. The van der Waals surface area contributed by atoms with Crippen molar-refractivity contribution in [3.63, 3.8) is 0 Å². The van der Waals surface area contributed by atoms with Gasteiger partial charge in [-0.25, -0.2) is 0 Å². The zero-order valence-corrected chi connectivity index (χ0v) is 34.3. The van der Waals surface area contributed by atoms with Crippen LogP contribution in [0.4, 0.5) is 0 Å². The second-order valence-corrected chi connectivity index (χ2v) is 18.6. The lowest BCUT2D eigenvalue weighted by atomic mass is 9.43. The van der Waals surface area contributed by atoms with E-state index in [1.807, 2.05) is 0 Å². The Bertz CT molecular complexity index is 1090. The van der Waals surface area contributed by atoms with E-state index >= 15 is 0 Å². The van der Waals surface area contributed by atoms with Gasteiger partial charge in [-0.15, -0.1) is 0 Å². The summed E-state index contributed by atoms with van der Waals surface area (Å²) in [7, 11) is -2.46. The third-order valence-corrected chi connectivity index (χ3v) is 14.7. The van der Waals surface area contributed by atoms with Crippen LogP contribution in [-0.2, 0) is 22.5 Å². The topological polar surface area (TPSA) is 54.0 Å². The SMILES string of the molecule is C[SiH2]OC(O[SiH2]C)C(C)(C)C1CC2=CC=C3[C@@H]4CC=C(C(C)=O)[C@@]4(C)CC[C@@H]3[C@@]2(C)C(C(C)(C)C(O[SiH2]C)O[SiH2]C)C1. The van der Waals surface area contributed by atoms with Gasteiger partial charge in [-0.3, -0.25) is 4.79 Å². The van der Waals surface area contributed by atoms with Crippen LogP contribution >= 0.6 is 0 Å². The highest BCUT2D eigenvalue weighted by Crippen LogP contribution is 2.69. The van der Waals surface area contributed by atoms with E-state index in [4.69, 9.17) is 17.7 Å². The summed E-state index contributed by atoms with van der Waals surface area (Å²) in [5.41, 5.74) is 4.02. The molecule has 42 heavy (non-hydrogen) atoms. The summed E-state index contributed by atoms with van der Waals surface area (Å²) >= 11 is 0.